The first-order valence-electron chi connectivity index (χ1n) is 9.40. The van der Waals surface area contributed by atoms with Crippen molar-refractivity contribution in [1.29, 1.82) is 0 Å². The second kappa shape index (κ2) is 8.44. The van der Waals surface area contributed by atoms with Crippen molar-refractivity contribution < 1.29 is 9.59 Å². The molecule has 4 rings (SSSR count). The number of nitrogens with two attached hydrogens (primary N) is 1. The summed E-state index contributed by atoms with van der Waals surface area (Å²) in [6.07, 6.45) is 1.91. The fourth-order valence-corrected chi connectivity index (χ4v) is 6.83. The maximum absolute atomic E-state index is 13.7. The lowest BCUT2D eigenvalue weighted by Gasteiger charge is -2.16. The van der Waals surface area contributed by atoms with E-state index in [4.69, 9.17) is 10.7 Å². The highest BCUT2D eigenvalue weighted by molar-refractivity contribution is 8.01. The summed E-state index contributed by atoms with van der Waals surface area (Å²) in [5.41, 5.74) is 7.73. The van der Waals surface area contributed by atoms with Gasteiger partial charge in [0.2, 0.25) is 5.91 Å². The summed E-state index contributed by atoms with van der Waals surface area (Å²) >= 11 is 4.43. The zero-order chi connectivity index (χ0) is 21.4. The summed E-state index contributed by atoms with van der Waals surface area (Å²) in [4.78, 5) is 42.4. The van der Waals surface area contributed by atoms with Crippen LogP contribution < -0.4 is 16.6 Å². The Morgan fingerprint density at radius 3 is 2.90 bits per heavy atom. The number of amides is 3. The molecule has 0 saturated heterocycles. The number of primary amides is 1. The van der Waals surface area contributed by atoms with Gasteiger partial charge in [-0.2, -0.15) is 0 Å². The summed E-state index contributed by atoms with van der Waals surface area (Å²) in [6.45, 7) is 3.61. The zero-order valence-corrected chi connectivity index (χ0v) is 18.9. The molecule has 0 fully saturated rings. The number of fused-ring (bicyclic) bond motifs is 3. The van der Waals surface area contributed by atoms with Gasteiger partial charge in [0, 0.05) is 0 Å². The molecule has 3 heterocycles. The van der Waals surface area contributed by atoms with Crippen LogP contribution in [-0.2, 0) is 11.2 Å². The maximum atomic E-state index is 13.7. The van der Waals surface area contributed by atoms with Crippen molar-refractivity contribution in [2.75, 3.05) is 5.75 Å². The van der Waals surface area contributed by atoms with Gasteiger partial charge in [-0.05, 0) is 55.7 Å². The van der Waals surface area contributed by atoms with Crippen LogP contribution >= 0.6 is 34.9 Å². The Kier molecular flexibility index (Phi) is 5.90. The van der Waals surface area contributed by atoms with Crippen LogP contribution in [0.3, 0.4) is 0 Å². The van der Waals surface area contributed by atoms with Gasteiger partial charge in [-0.3, -0.25) is 19.5 Å². The molecule has 156 valence electrons. The van der Waals surface area contributed by atoms with E-state index in [2.05, 4.69) is 5.32 Å². The van der Waals surface area contributed by atoms with Crippen molar-refractivity contribution >= 4 is 57.0 Å². The molecule has 0 saturated carbocycles. The molecule has 0 unspecified atom stereocenters. The molecule has 0 spiro atoms. The van der Waals surface area contributed by atoms with E-state index >= 15 is 0 Å². The van der Waals surface area contributed by atoms with Gasteiger partial charge in [-0.25, -0.2) is 9.78 Å². The Labute approximate surface area is 185 Å². The lowest BCUT2D eigenvalue weighted by Crippen LogP contribution is -2.39. The van der Waals surface area contributed by atoms with Crippen molar-refractivity contribution in [2.24, 2.45) is 5.73 Å². The molecular formula is C20H20N4O3S3. The molecule has 0 bridgehead atoms. The largest absolute Gasteiger partial charge is 0.351 e. The third kappa shape index (κ3) is 3.99. The number of rotatable bonds is 4. The van der Waals surface area contributed by atoms with E-state index in [1.165, 1.54) is 11.3 Å². The quantitative estimate of drug-likeness (QED) is 0.456. The number of hydrogen-bond acceptors (Lipinski definition) is 7. The van der Waals surface area contributed by atoms with E-state index in [-0.39, 0.29) is 5.56 Å². The molecule has 3 aromatic rings. The fraction of sp³-hybridized carbons (Fsp3) is 0.300. The van der Waals surface area contributed by atoms with Gasteiger partial charge in [-0.15, -0.1) is 23.1 Å². The highest BCUT2D eigenvalue weighted by Crippen LogP contribution is 2.41. The molecule has 3 amide bonds. The lowest BCUT2D eigenvalue weighted by atomic mass is 10.1. The molecule has 10 heteroatoms. The average molecular weight is 461 g/mol. The van der Waals surface area contributed by atoms with Crippen molar-refractivity contribution in [3.8, 4) is 5.69 Å². The third-order valence-corrected chi connectivity index (χ3v) is 8.30. The number of thiophene rings is 1. The molecule has 3 N–H and O–H groups in total. The molecule has 7 nitrogen and oxygen atoms in total. The molecule has 1 aromatic carbocycles. The van der Waals surface area contributed by atoms with Gasteiger partial charge in [0.15, 0.2) is 5.16 Å². The van der Waals surface area contributed by atoms with E-state index in [0.29, 0.717) is 21.1 Å². The van der Waals surface area contributed by atoms with Crippen LogP contribution in [0.1, 0.15) is 24.5 Å². The number of thioether (sulfide) groups is 2. The molecule has 30 heavy (non-hydrogen) atoms. The van der Waals surface area contributed by atoms with E-state index in [9.17, 15) is 14.4 Å². The average Bonchev–Trinajstić information content (AvgIpc) is 3.06. The number of carbonyl (C=O) groups excluding carboxylic acids is 2. The van der Waals surface area contributed by atoms with Crippen LogP contribution in [0.25, 0.3) is 15.9 Å². The van der Waals surface area contributed by atoms with Crippen molar-refractivity contribution in [3.05, 3.63) is 45.7 Å². The van der Waals surface area contributed by atoms with Crippen LogP contribution in [0.2, 0.25) is 0 Å². The Morgan fingerprint density at radius 2 is 2.17 bits per heavy atom. The monoisotopic (exact) mass is 460 g/mol. The van der Waals surface area contributed by atoms with Crippen LogP contribution in [0.5, 0.6) is 0 Å². The minimum atomic E-state index is -0.908. The maximum Gasteiger partial charge on any atom is 0.318 e. The highest BCUT2D eigenvalue weighted by Gasteiger charge is 2.25. The highest BCUT2D eigenvalue weighted by atomic mass is 32.2. The van der Waals surface area contributed by atoms with Gasteiger partial charge in [-0.1, -0.05) is 23.9 Å². The molecule has 1 aliphatic rings. The summed E-state index contributed by atoms with van der Waals surface area (Å²) in [7, 11) is 0. The van der Waals surface area contributed by atoms with Gasteiger partial charge in [0.1, 0.15) is 4.83 Å². The van der Waals surface area contributed by atoms with Crippen LogP contribution in [0.15, 0.2) is 38.4 Å². The zero-order valence-electron chi connectivity index (χ0n) is 16.4. The number of carbonyl (C=O) groups is 2. The predicted octanol–water partition coefficient (Wildman–Crippen LogP) is 3.47. The number of nitrogens with one attached hydrogen (secondary N) is 1. The second-order valence-corrected chi connectivity index (χ2v) is 10.7. The normalized spacial score (nSPS) is 14.3. The summed E-state index contributed by atoms with van der Waals surface area (Å²) < 4.78 is 2.72. The number of hydrogen-bond donors (Lipinski definition) is 2. The summed E-state index contributed by atoms with van der Waals surface area (Å²) in [6, 6.07) is 6.71. The second-order valence-electron chi connectivity index (χ2n) is 6.99. The Bertz CT molecular complexity index is 1220. The Hall–Kier alpha value is -2.30. The minimum absolute atomic E-state index is 0.129. The van der Waals surface area contributed by atoms with Crippen molar-refractivity contribution in [3.63, 3.8) is 0 Å². The van der Waals surface area contributed by atoms with Crippen LogP contribution in [-0.4, -0.2) is 32.5 Å². The smallest absolute Gasteiger partial charge is 0.318 e. The number of imide groups is 1. The summed E-state index contributed by atoms with van der Waals surface area (Å²) in [5.74, 6) is 0.510. The molecule has 0 radical (unpaired) electrons. The predicted molar refractivity (Wildman–Crippen MR) is 122 cm³/mol. The first kappa shape index (κ1) is 21.0. The van der Waals surface area contributed by atoms with Gasteiger partial charge >= 0.3 is 6.03 Å². The number of aromatic nitrogens is 2. The van der Waals surface area contributed by atoms with E-state index in [0.717, 1.165) is 45.7 Å². The van der Waals surface area contributed by atoms with E-state index in [1.54, 1.807) is 23.3 Å². The van der Waals surface area contributed by atoms with Crippen molar-refractivity contribution in [1.82, 2.24) is 14.9 Å². The number of urea groups is 1. The SMILES string of the molecule is Cc1cccc(-n2c(S[C@H](C)C(=O)NC(N)=O)nc3sc4c(c3c2=O)CCCS4)c1. The number of benzene rings is 1. The van der Waals surface area contributed by atoms with Crippen molar-refractivity contribution in [2.45, 2.75) is 41.3 Å². The summed E-state index contributed by atoms with van der Waals surface area (Å²) in [5, 5.41) is 2.50. The first-order valence-corrected chi connectivity index (χ1v) is 12.1. The Morgan fingerprint density at radius 1 is 1.37 bits per heavy atom. The topological polar surface area (TPSA) is 107 Å². The number of nitrogens with zero attached hydrogens (tertiary/aromatic N) is 2. The van der Waals surface area contributed by atoms with Crippen LogP contribution in [0, 0.1) is 6.92 Å². The minimum Gasteiger partial charge on any atom is -0.351 e. The van der Waals surface area contributed by atoms with Crippen LogP contribution in [0.4, 0.5) is 4.79 Å². The van der Waals surface area contributed by atoms with E-state index in [1.807, 2.05) is 31.2 Å². The molecule has 1 aliphatic heterocycles. The standard InChI is InChI=1S/C20H20N4O3S3/c1-10-5-3-6-12(9-10)24-17(26)14-13-7-4-8-28-18(13)30-16(14)23-20(24)29-11(2)15(25)22-19(21)27/h3,5-6,9,11H,4,7-8H2,1-2H3,(H3,21,22,25,27)/t11-/m1/s1. The Balaban J connectivity index is 1.89. The molecular weight excluding hydrogens is 440 g/mol. The molecule has 2 aromatic heterocycles. The first-order chi connectivity index (χ1) is 14.3. The number of aryl methyl sites for hydroxylation is 2. The van der Waals surface area contributed by atoms with Gasteiger partial charge in [0.05, 0.1) is 20.5 Å². The fourth-order valence-electron chi connectivity index (χ4n) is 3.33. The molecule has 0 aliphatic carbocycles. The molecule has 1 atom stereocenters. The van der Waals surface area contributed by atoms with E-state index < -0.39 is 17.2 Å². The third-order valence-electron chi connectivity index (χ3n) is 4.72. The lowest BCUT2D eigenvalue weighted by molar-refractivity contribution is -0.119. The van der Waals surface area contributed by atoms with Gasteiger partial charge < -0.3 is 5.73 Å². The van der Waals surface area contributed by atoms with Gasteiger partial charge in [0.25, 0.3) is 5.56 Å².